The van der Waals surface area contributed by atoms with Crippen molar-refractivity contribution in [3.63, 3.8) is 0 Å². The first-order valence-corrected chi connectivity index (χ1v) is 8.54. The van der Waals surface area contributed by atoms with E-state index in [2.05, 4.69) is 15.0 Å². The Labute approximate surface area is 126 Å². The average Bonchev–Trinajstić information content (AvgIpc) is 3.19. The van der Waals surface area contributed by atoms with Crippen LogP contribution in [-0.4, -0.2) is 39.3 Å². The Morgan fingerprint density at radius 2 is 1.76 bits per heavy atom. The van der Waals surface area contributed by atoms with Gasteiger partial charge in [0, 0.05) is 18.5 Å². The van der Waals surface area contributed by atoms with E-state index < -0.39 is 0 Å². The minimum Gasteiger partial charge on any atom is -0.395 e. The lowest BCUT2D eigenvalue weighted by Crippen LogP contribution is -2.38. The SMILES string of the molecule is OCCN(Cc1nc(C2CCCC2)no1)C1CCCCC1. The third-order valence-electron chi connectivity index (χ3n) is 5.02. The van der Waals surface area contributed by atoms with Gasteiger partial charge < -0.3 is 9.63 Å². The molecule has 0 spiro atoms. The molecule has 5 nitrogen and oxygen atoms in total. The summed E-state index contributed by atoms with van der Waals surface area (Å²) >= 11 is 0. The Balaban J connectivity index is 1.61. The molecule has 0 saturated heterocycles. The van der Waals surface area contributed by atoms with Crippen LogP contribution in [0.15, 0.2) is 4.52 Å². The van der Waals surface area contributed by atoms with E-state index in [1.807, 2.05) is 0 Å². The predicted octanol–water partition coefficient (Wildman–Crippen LogP) is 2.85. The number of rotatable bonds is 6. The van der Waals surface area contributed by atoms with Crippen molar-refractivity contribution in [3.8, 4) is 0 Å². The van der Waals surface area contributed by atoms with E-state index >= 15 is 0 Å². The fourth-order valence-corrected chi connectivity index (χ4v) is 3.82. The lowest BCUT2D eigenvalue weighted by atomic mass is 9.94. The van der Waals surface area contributed by atoms with Crippen LogP contribution < -0.4 is 0 Å². The van der Waals surface area contributed by atoms with Crippen molar-refractivity contribution in [3.05, 3.63) is 11.7 Å². The third kappa shape index (κ3) is 3.83. The Kier molecular flexibility index (Phi) is 5.25. The van der Waals surface area contributed by atoms with Gasteiger partial charge in [-0.2, -0.15) is 4.98 Å². The van der Waals surface area contributed by atoms with Gasteiger partial charge >= 0.3 is 0 Å². The van der Waals surface area contributed by atoms with Crippen LogP contribution in [0.25, 0.3) is 0 Å². The number of aliphatic hydroxyl groups is 1. The van der Waals surface area contributed by atoms with Crippen LogP contribution in [0.4, 0.5) is 0 Å². The molecule has 1 N–H and O–H groups in total. The molecule has 0 bridgehead atoms. The predicted molar refractivity (Wildman–Crippen MR) is 79.9 cm³/mol. The molecular formula is C16H27N3O2. The molecule has 1 heterocycles. The molecular weight excluding hydrogens is 266 g/mol. The number of hydrogen-bond donors (Lipinski definition) is 1. The van der Waals surface area contributed by atoms with Gasteiger partial charge in [-0.15, -0.1) is 0 Å². The van der Waals surface area contributed by atoms with Gasteiger partial charge in [-0.25, -0.2) is 0 Å². The van der Waals surface area contributed by atoms with Crippen LogP contribution in [0, 0.1) is 0 Å². The highest BCUT2D eigenvalue weighted by Gasteiger charge is 2.25. The minimum atomic E-state index is 0.195. The monoisotopic (exact) mass is 293 g/mol. The highest BCUT2D eigenvalue weighted by atomic mass is 16.5. The third-order valence-corrected chi connectivity index (χ3v) is 5.02. The maximum absolute atomic E-state index is 9.31. The first-order valence-electron chi connectivity index (χ1n) is 8.54. The average molecular weight is 293 g/mol. The first-order chi connectivity index (χ1) is 10.4. The molecule has 1 aromatic heterocycles. The summed E-state index contributed by atoms with van der Waals surface area (Å²) in [5.41, 5.74) is 0. The van der Waals surface area contributed by atoms with E-state index in [0.29, 0.717) is 25.0 Å². The zero-order chi connectivity index (χ0) is 14.5. The smallest absolute Gasteiger partial charge is 0.240 e. The summed E-state index contributed by atoms with van der Waals surface area (Å²) in [6.07, 6.45) is 11.3. The Morgan fingerprint density at radius 3 is 2.48 bits per heavy atom. The fourth-order valence-electron chi connectivity index (χ4n) is 3.82. The molecule has 5 heteroatoms. The zero-order valence-corrected chi connectivity index (χ0v) is 12.8. The lowest BCUT2D eigenvalue weighted by Gasteiger charge is -2.32. The number of nitrogens with zero attached hydrogens (tertiary/aromatic N) is 3. The van der Waals surface area contributed by atoms with E-state index in [4.69, 9.17) is 4.52 Å². The van der Waals surface area contributed by atoms with Gasteiger partial charge in [-0.3, -0.25) is 4.90 Å². The zero-order valence-electron chi connectivity index (χ0n) is 12.8. The van der Waals surface area contributed by atoms with Crippen molar-refractivity contribution in [2.45, 2.75) is 76.3 Å². The summed E-state index contributed by atoms with van der Waals surface area (Å²) in [7, 11) is 0. The summed E-state index contributed by atoms with van der Waals surface area (Å²) in [5.74, 6) is 2.12. The van der Waals surface area contributed by atoms with E-state index in [-0.39, 0.29) is 6.61 Å². The van der Waals surface area contributed by atoms with E-state index in [1.54, 1.807) is 0 Å². The molecule has 0 unspecified atom stereocenters. The summed E-state index contributed by atoms with van der Waals surface area (Å²) in [6, 6.07) is 0.563. The van der Waals surface area contributed by atoms with Crippen molar-refractivity contribution < 1.29 is 9.63 Å². The summed E-state index contributed by atoms with van der Waals surface area (Å²) in [4.78, 5) is 6.93. The summed E-state index contributed by atoms with van der Waals surface area (Å²) in [5, 5.41) is 13.5. The number of hydrogen-bond acceptors (Lipinski definition) is 5. The summed E-state index contributed by atoms with van der Waals surface area (Å²) < 4.78 is 5.46. The number of aliphatic hydroxyl groups excluding tert-OH is 1. The minimum absolute atomic E-state index is 0.195. The quantitative estimate of drug-likeness (QED) is 0.874. The van der Waals surface area contributed by atoms with Crippen molar-refractivity contribution in [2.24, 2.45) is 0 Å². The Hall–Kier alpha value is -0.940. The van der Waals surface area contributed by atoms with Crippen LogP contribution in [0.3, 0.4) is 0 Å². The van der Waals surface area contributed by atoms with Crippen LogP contribution >= 0.6 is 0 Å². The van der Waals surface area contributed by atoms with Gasteiger partial charge in [0.25, 0.3) is 0 Å². The molecule has 0 aliphatic heterocycles. The highest BCUT2D eigenvalue weighted by molar-refractivity contribution is 4.98. The molecule has 0 amide bonds. The van der Waals surface area contributed by atoms with Crippen LogP contribution in [-0.2, 0) is 6.54 Å². The second-order valence-electron chi connectivity index (χ2n) is 6.51. The van der Waals surface area contributed by atoms with Gasteiger partial charge in [0.05, 0.1) is 13.2 Å². The maximum Gasteiger partial charge on any atom is 0.240 e. The van der Waals surface area contributed by atoms with E-state index in [0.717, 1.165) is 11.7 Å². The topological polar surface area (TPSA) is 62.4 Å². The van der Waals surface area contributed by atoms with Gasteiger partial charge in [-0.1, -0.05) is 37.3 Å². The van der Waals surface area contributed by atoms with Crippen molar-refractivity contribution in [2.75, 3.05) is 13.2 Å². The summed E-state index contributed by atoms with van der Waals surface area (Å²) in [6.45, 7) is 1.58. The highest BCUT2D eigenvalue weighted by Crippen LogP contribution is 2.32. The van der Waals surface area contributed by atoms with Crippen LogP contribution in [0.2, 0.25) is 0 Å². The molecule has 0 atom stereocenters. The Morgan fingerprint density at radius 1 is 1.05 bits per heavy atom. The van der Waals surface area contributed by atoms with Crippen LogP contribution in [0.5, 0.6) is 0 Å². The molecule has 2 fully saturated rings. The fraction of sp³-hybridized carbons (Fsp3) is 0.875. The molecule has 0 aromatic carbocycles. The van der Waals surface area contributed by atoms with Gasteiger partial charge in [0.15, 0.2) is 5.82 Å². The Bertz CT molecular complexity index is 423. The molecule has 2 aliphatic rings. The van der Waals surface area contributed by atoms with Crippen molar-refractivity contribution in [1.82, 2.24) is 15.0 Å². The molecule has 2 aliphatic carbocycles. The second-order valence-corrected chi connectivity index (χ2v) is 6.51. The maximum atomic E-state index is 9.31. The van der Waals surface area contributed by atoms with Crippen LogP contribution in [0.1, 0.15) is 75.4 Å². The van der Waals surface area contributed by atoms with Crippen molar-refractivity contribution >= 4 is 0 Å². The van der Waals surface area contributed by atoms with Gasteiger partial charge in [0.2, 0.25) is 5.89 Å². The van der Waals surface area contributed by atoms with Gasteiger partial charge in [0.1, 0.15) is 0 Å². The largest absolute Gasteiger partial charge is 0.395 e. The molecule has 1 aromatic rings. The molecule has 118 valence electrons. The molecule has 0 radical (unpaired) electrons. The standard InChI is InChI=1S/C16H27N3O2/c20-11-10-19(14-8-2-1-3-9-14)12-15-17-16(18-21-15)13-6-4-5-7-13/h13-14,20H,1-12H2. The first kappa shape index (κ1) is 15.0. The second kappa shape index (κ2) is 7.36. The van der Waals surface area contributed by atoms with E-state index in [9.17, 15) is 5.11 Å². The molecule has 21 heavy (non-hydrogen) atoms. The van der Waals surface area contributed by atoms with E-state index in [1.165, 1.54) is 57.8 Å². The lowest BCUT2D eigenvalue weighted by molar-refractivity contribution is 0.105. The number of aromatic nitrogens is 2. The normalized spacial score (nSPS) is 21.4. The molecule has 3 rings (SSSR count). The molecule has 2 saturated carbocycles. The van der Waals surface area contributed by atoms with Crippen molar-refractivity contribution in [1.29, 1.82) is 0 Å². The van der Waals surface area contributed by atoms with Gasteiger partial charge in [-0.05, 0) is 25.7 Å².